The maximum absolute atomic E-state index is 13.5. The minimum atomic E-state index is -0.232. The van der Waals surface area contributed by atoms with Crippen LogP contribution >= 0.6 is 11.6 Å². The summed E-state index contributed by atoms with van der Waals surface area (Å²) in [5.74, 6) is 0.363. The molecule has 0 aliphatic heterocycles. The van der Waals surface area contributed by atoms with Crippen LogP contribution in [0.2, 0.25) is 5.02 Å². The molecule has 0 saturated heterocycles. The van der Waals surface area contributed by atoms with Crippen molar-refractivity contribution in [1.82, 2.24) is 4.98 Å². The third-order valence-corrected chi connectivity index (χ3v) is 6.97. The van der Waals surface area contributed by atoms with Crippen LogP contribution in [0.3, 0.4) is 0 Å². The van der Waals surface area contributed by atoms with Gasteiger partial charge in [0.1, 0.15) is 11.6 Å². The van der Waals surface area contributed by atoms with Crippen LogP contribution in [-0.4, -0.2) is 17.1 Å². The molecule has 1 fully saturated rings. The SMILES string of the molecule is CCCC(N)[C@]1(c2ccc(F)cc2)CC[C@H](Oc2cc3cc[nH]c(=O)c3cc2Cl)CC1. The minimum absolute atomic E-state index is 0.0133. The molecule has 3 aromatic rings. The van der Waals surface area contributed by atoms with E-state index in [1.54, 1.807) is 12.3 Å². The summed E-state index contributed by atoms with van der Waals surface area (Å²) in [5.41, 5.74) is 7.44. The van der Waals surface area contributed by atoms with Gasteiger partial charge in [0.25, 0.3) is 5.56 Å². The Labute approximate surface area is 186 Å². The number of fused-ring (bicyclic) bond motifs is 1. The molecule has 1 heterocycles. The minimum Gasteiger partial charge on any atom is -0.489 e. The average Bonchev–Trinajstić information content (AvgIpc) is 2.76. The highest BCUT2D eigenvalue weighted by Gasteiger charge is 2.42. The smallest absolute Gasteiger partial charge is 0.255 e. The number of pyridine rings is 1. The van der Waals surface area contributed by atoms with Gasteiger partial charge in [0.05, 0.1) is 11.1 Å². The fourth-order valence-corrected chi connectivity index (χ4v) is 5.13. The molecule has 1 unspecified atom stereocenters. The van der Waals surface area contributed by atoms with Crippen LogP contribution in [0.25, 0.3) is 10.8 Å². The molecular weight excluding hydrogens is 415 g/mol. The van der Waals surface area contributed by atoms with Gasteiger partial charge in [-0.1, -0.05) is 37.1 Å². The molecular formula is C25H28ClFN2O2. The molecule has 1 aliphatic carbocycles. The van der Waals surface area contributed by atoms with Crippen molar-refractivity contribution in [3.05, 3.63) is 75.4 Å². The number of halogens is 2. The van der Waals surface area contributed by atoms with Crippen molar-refractivity contribution >= 4 is 22.4 Å². The van der Waals surface area contributed by atoms with Gasteiger partial charge in [-0.2, -0.15) is 0 Å². The van der Waals surface area contributed by atoms with Crippen molar-refractivity contribution in [3.8, 4) is 5.75 Å². The maximum Gasteiger partial charge on any atom is 0.255 e. The molecule has 4 nitrogen and oxygen atoms in total. The Morgan fingerprint density at radius 1 is 1.23 bits per heavy atom. The van der Waals surface area contributed by atoms with E-state index >= 15 is 0 Å². The van der Waals surface area contributed by atoms with Gasteiger partial charge in [0.2, 0.25) is 0 Å². The normalized spacial score (nSPS) is 22.4. The van der Waals surface area contributed by atoms with Crippen LogP contribution in [0.1, 0.15) is 51.0 Å². The number of hydrogen-bond acceptors (Lipinski definition) is 3. The van der Waals surface area contributed by atoms with Crippen molar-refractivity contribution in [1.29, 1.82) is 0 Å². The van der Waals surface area contributed by atoms with Gasteiger partial charge >= 0.3 is 0 Å². The van der Waals surface area contributed by atoms with Crippen molar-refractivity contribution in [2.75, 3.05) is 0 Å². The summed E-state index contributed by atoms with van der Waals surface area (Å²) in [6.07, 6.45) is 6.97. The van der Waals surface area contributed by atoms with E-state index in [1.165, 1.54) is 12.1 Å². The second-order valence-corrected chi connectivity index (χ2v) is 8.96. The van der Waals surface area contributed by atoms with E-state index < -0.39 is 0 Å². The Kier molecular flexibility index (Phi) is 6.35. The zero-order valence-corrected chi connectivity index (χ0v) is 18.4. The summed E-state index contributed by atoms with van der Waals surface area (Å²) in [5, 5.41) is 1.77. The van der Waals surface area contributed by atoms with E-state index in [4.69, 9.17) is 22.1 Å². The highest BCUT2D eigenvalue weighted by Crippen LogP contribution is 2.44. The highest BCUT2D eigenvalue weighted by molar-refractivity contribution is 6.32. The van der Waals surface area contributed by atoms with Crippen molar-refractivity contribution in [2.24, 2.45) is 5.73 Å². The number of benzene rings is 2. The van der Waals surface area contributed by atoms with Gasteiger partial charge < -0.3 is 15.5 Å². The first-order chi connectivity index (χ1) is 14.9. The molecule has 0 amide bonds. The molecule has 1 saturated carbocycles. The Morgan fingerprint density at radius 3 is 2.61 bits per heavy atom. The molecule has 1 atom stereocenters. The Hall–Kier alpha value is -2.37. The number of H-pyrrole nitrogens is 1. The zero-order valence-electron chi connectivity index (χ0n) is 17.7. The molecule has 6 heteroatoms. The van der Waals surface area contributed by atoms with Gasteiger partial charge in [-0.15, -0.1) is 0 Å². The third kappa shape index (κ3) is 4.35. The number of nitrogens with one attached hydrogen (secondary N) is 1. The Bertz CT molecular complexity index is 1100. The number of nitrogens with two attached hydrogens (primary N) is 1. The highest BCUT2D eigenvalue weighted by atomic mass is 35.5. The molecule has 0 radical (unpaired) electrons. The molecule has 3 N–H and O–H groups in total. The monoisotopic (exact) mass is 442 g/mol. The zero-order chi connectivity index (χ0) is 22.0. The van der Waals surface area contributed by atoms with E-state index in [-0.39, 0.29) is 28.9 Å². The molecule has 164 valence electrons. The molecule has 0 spiro atoms. The first-order valence-corrected chi connectivity index (χ1v) is 11.3. The summed E-state index contributed by atoms with van der Waals surface area (Å²) in [6, 6.07) is 12.1. The van der Waals surface area contributed by atoms with E-state index in [1.807, 2.05) is 24.3 Å². The van der Waals surface area contributed by atoms with E-state index in [0.29, 0.717) is 16.2 Å². The standard InChI is InChI=1S/C25H28ClFN2O2/c1-2-3-23(28)25(17-4-6-18(27)7-5-17)11-8-19(9-12-25)31-22-14-16-10-13-29-24(30)20(16)15-21(22)26/h4-7,10,13-15,19,23H,2-3,8-9,11-12,28H2,1H3,(H,29,30)/t19-,23?,25+. The van der Waals surface area contributed by atoms with Crippen molar-refractivity contribution in [3.63, 3.8) is 0 Å². The second-order valence-electron chi connectivity index (χ2n) is 8.55. The van der Waals surface area contributed by atoms with Crippen molar-refractivity contribution in [2.45, 2.75) is 63.0 Å². The largest absolute Gasteiger partial charge is 0.489 e. The second kappa shape index (κ2) is 9.01. The molecule has 2 aromatic carbocycles. The molecule has 1 aromatic heterocycles. The first kappa shape index (κ1) is 21.8. The number of ether oxygens (including phenoxy) is 1. The lowest BCUT2D eigenvalue weighted by Crippen LogP contribution is -2.49. The van der Waals surface area contributed by atoms with Crippen LogP contribution in [0.15, 0.2) is 53.5 Å². The first-order valence-electron chi connectivity index (χ1n) is 10.9. The average molecular weight is 443 g/mol. The third-order valence-electron chi connectivity index (χ3n) is 6.67. The summed E-state index contributed by atoms with van der Waals surface area (Å²) >= 11 is 6.42. The number of rotatable bonds is 6. The van der Waals surface area contributed by atoms with Gasteiger partial charge in [-0.25, -0.2) is 4.39 Å². The summed E-state index contributed by atoms with van der Waals surface area (Å²) in [4.78, 5) is 14.6. The van der Waals surface area contributed by atoms with Crippen LogP contribution in [0, 0.1) is 5.82 Å². The van der Waals surface area contributed by atoms with Crippen LogP contribution in [-0.2, 0) is 5.41 Å². The molecule has 0 bridgehead atoms. The summed E-state index contributed by atoms with van der Waals surface area (Å²) in [6.45, 7) is 2.14. The van der Waals surface area contributed by atoms with E-state index in [0.717, 1.165) is 49.5 Å². The van der Waals surface area contributed by atoms with E-state index in [9.17, 15) is 9.18 Å². The lowest BCUT2D eigenvalue weighted by atomic mass is 9.63. The predicted octanol–water partition coefficient (Wildman–Crippen LogP) is 5.71. The topological polar surface area (TPSA) is 68.1 Å². The van der Waals surface area contributed by atoms with Gasteiger partial charge in [-0.3, -0.25) is 4.79 Å². The van der Waals surface area contributed by atoms with Crippen LogP contribution in [0.4, 0.5) is 4.39 Å². The van der Waals surface area contributed by atoms with Gasteiger partial charge in [0, 0.05) is 23.0 Å². The lowest BCUT2D eigenvalue weighted by Gasteiger charge is -2.45. The molecule has 31 heavy (non-hydrogen) atoms. The van der Waals surface area contributed by atoms with E-state index in [2.05, 4.69) is 11.9 Å². The lowest BCUT2D eigenvalue weighted by molar-refractivity contribution is 0.103. The maximum atomic E-state index is 13.5. The van der Waals surface area contributed by atoms with Gasteiger partial charge in [-0.05, 0) is 73.4 Å². The number of aromatic amines is 1. The summed E-state index contributed by atoms with van der Waals surface area (Å²) < 4.78 is 19.8. The Balaban J connectivity index is 1.55. The predicted molar refractivity (Wildman–Crippen MR) is 123 cm³/mol. The van der Waals surface area contributed by atoms with Crippen LogP contribution in [0.5, 0.6) is 5.75 Å². The summed E-state index contributed by atoms with van der Waals surface area (Å²) in [7, 11) is 0. The van der Waals surface area contributed by atoms with Crippen molar-refractivity contribution < 1.29 is 9.13 Å². The quantitative estimate of drug-likeness (QED) is 0.514. The molecule has 4 rings (SSSR count). The van der Waals surface area contributed by atoms with Gasteiger partial charge in [0.15, 0.2) is 0 Å². The number of aromatic nitrogens is 1. The Morgan fingerprint density at radius 2 is 1.94 bits per heavy atom. The molecule has 1 aliphatic rings. The fraction of sp³-hybridized carbons (Fsp3) is 0.400. The number of hydrogen-bond donors (Lipinski definition) is 2. The van der Waals surface area contributed by atoms with Crippen LogP contribution < -0.4 is 16.0 Å². The fourth-order valence-electron chi connectivity index (χ4n) is 4.93.